The van der Waals surface area contributed by atoms with Crippen molar-refractivity contribution in [2.75, 3.05) is 11.2 Å². The molecule has 2 aromatic rings. The Morgan fingerprint density at radius 1 is 1.44 bits per heavy atom. The quantitative estimate of drug-likeness (QED) is 0.876. The third-order valence-electron chi connectivity index (χ3n) is 2.26. The predicted octanol–water partition coefficient (Wildman–Crippen LogP) is 3.08. The number of aryl methyl sites for hydroxylation is 1. The Kier molecular flexibility index (Phi) is 4.28. The van der Waals surface area contributed by atoms with Crippen LogP contribution in [-0.2, 0) is 4.79 Å². The molecule has 0 saturated carbocycles. The number of nitrogens with one attached hydrogen (secondary N) is 1. The normalized spacial score (nSPS) is 10.3. The lowest BCUT2D eigenvalue weighted by Gasteiger charge is -1.97. The first-order valence-electron chi connectivity index (χ1n) is 5.45. The van der Waals surface area contributed by atoms with Crippen molar-refractivity contribution in [3.05, 3.63) is 29.8 Å². The van der Waals surface area contributed by atoms with E-state index in [9.17, 15) is 4.79 Å². The van der Waals surface area contributed by atoms with E-state index in [4.69, 9.17) is 11.6 Å². The minimum atomic E-state index is -0.142. The van der Waals surface area contributed by atoms with Gasteiger partial charge in [0.05, 0.1) is 0 Å². The first-order valence-corrected chi connectivity index (χ1v) is 6.80. The fourth-order valence-electron chi connectivity index (χ4n) is 1.44. The van der Waals surface area contributed by atoms with E-state index in [0.29, 0.717) is 11.0 Å². The molecular weight excluding hydrogens is 270 g/mol. The molecule has 4 nitrogen and oxygen atoms in total. The molecule has 1 amide bonds. The smallest absolute Gasteiger partial charge is 0.227 e. The van der Waals surface area contributed by atoms with Crippen LogP contribution < -0.4 is 5.32 Å². The number of hydrogen-bond donors (Lipinski definition) is 1. The second-order valence-electron chi connectivity index (χ2n) is 3.77. The van der Waals surface area contributed by atoms with Crippen LogP contribution in [0.1, 0.15) is 12.0 Å². The number of benzene rings is 1. The molecule has 1 aromatic carbocycles. The second kappa shape index (κ2) is 5.93. The molecule has 94 valence electrons. The topological polar surface area (TPSA) is 54.9 Å². The number of alkyl halides is 1. The Labute approximate surface area is 114 Å². The summed E-state index contributed by atoms with van der Waals surface area (Å²) in [5.74, 6) is 0.159. The lowest BCUT2D eigenvalue weighted by Crippen LogP contribution is -2.11. The number of aromatic nitrogens is 2. The zero-order chi connectivity index (χ0) is 13.0. The van der Waals surface area contributed by atoms with Gasteiger partial charge in [-0.3, -0.25) is 4.79 Å². The third-order valence-corrected chi connectivity index (χ3v) is 3.33. The van der Waals surface area contributed by atoms with E-state index in [1.54, 1.807) is 0 Å². The van der Waals surface area contributed by atoms with E-state index in [1.807, 2.05) is 31.2 Å². The van der Waals surface area contributed by atoms with Gasteiger partial charge in [0.2, 0.25) is 11.0 Å². The van der Waals surface area contributed by atoms with E-state index in [-0.39, 0.29) is 12.3 Å². The Balaban J connectivity index is 2.13. The molecule has 0 aliphatic heterocycles. The summed E-state index contributed by atoms with van der Waals surface area (Å²) in [5, 5.41) is 12.0. The summed E-state index contributed by atoms with van der Waals surface area (Å²) in [6, 6.07) is 7.99. The van der Waals surface area contributed by atoms with Gasteiger partial charge in [-0.15, -0.1) is 21.8 Å². The summed E-state index contributed by atoms with van der Waals surface area (Å²) in [6.45, 7) is 2.02. The van der Waals surface area contributed by atoms with Crippen LogP contribution in [0, 0.1) is 6.92 Å². The molecule has 0 aliphatic carbocycles. The first-order chi connectivity index (χ1) is 8.69. The van der Waals surface area contributed by atoms with Crippen LogP contribution in [0.4, 0.5) is 5.13 Å². The molecule has 0 bridgehead atoms. The second-order valence-corrected chi connectivity index (χ2v) is 5.12. The molecular formula is C12H12ClN3OS. The Hall–Kier alpha value is -1.46. The molecule has 0 saturated heterocycles. The predicted molar refractivity (Wildman–Crippen MR) is 74.0 cm³/mol. The number of carbonyl (C=O) groups is 1. The fourth-order valence-corrected chi connectivity index (χ4v) is 2.36. The van der Waals surface area contributed by atoms with Gasteiger partial charge in [0.1, 0.15) is 5.01 Å². The minimum absolute atomic E-state index is 0.142. The van der Waals surface area contributed by atoms with Crippen molar-refractivity contribution in [3.8, 4) is 10.6 Å². The summed E-state index contributed by atoms with van der Waals surface area (Å²) in [6.07, 6.45) is 0.279. The zero-order valence-electron chi connectivity index (χ0n) is 9.81. The molecule has 2 rings (SSSR count). The minimum Gasteiger partial charge on any atom is -0.300 e. The van der Waals surface area contributed by atoms with E-state index in [2.05, 4.69) is 15.5 Å². The van der Waals surface area contributed by atoms with Gasteiger partial charge in [-0.25, -0.2) is 0 Å². The van der Waals surface area contributed by atoms with Crippen molar-refractivity contribution in [1.29, 1.82) is 0 Å². The van der Waals surface area contributed by atoms with Crippen LogP contribution in [0.25, 0.3) is 10.6 Å². The molecule has 0 unspecified atom stereocenters. The number of halogens is 1. The summed E-state index contributed by atoms with van der Waals surface area (Å²) in [4.78, 5) is 11.4. The van der Waals surface area contributed by atoms with Crippen LogP contribution in [0.5, 0.6) is 0 Å². The number of carbonyl (C=O) groups excluding carboxylic acids is 1. The summed E-state index contributed by atoms with van der Waals surface area (Å²) >= 11 is 6.84. The van der Waals surface area contributed by atoms with Gasteiger partial charge in [-0.1, -0.05) is 35.1 Å². The van der Waals surface area contributed by atoms with Crippen molar-refractivity contribution in [1.82, 2.24) is 10.2 Å². The number of hydrogen-bond acceptors (Lipinski definition) is 4. The average Bonchev–Trinajstić information content (AvgIpc) is 2.78. The number of nitrogens with zero attached hydrogens (tertiary/aromatic N) is 2. The van der Waals surface area contributed by atoms with Crippen molar-refractivity contribution in [3.63, 3.8) is 0 Å². The zero-order valence-corrected chi connectivity index (χ0v) is 11.4. The van der Waals surface area contributed by atoms with Gasteiger partial charge in [-0.2, -0.15) is 0 Å². The van der Waals surface area contributed by atoms with Gasteiger partial charge in [0, 0.05) is 17.9 Å². The van der Waals surface area contributed by atoms with Crippen LogP contribution in [0.15, 0.2) is 24.3 Å². The lowest BCUT2D eigenvalue weighted by atomic mass is 10.1. The van der Waals surface area contributed by atoms with Crippen LogP contribution >= 0.6 is 22.9 Å². The molecule has 0 atom stereocenters. The maximum atomic E-state index is 11.4. The fraction of sp³-hybridized carbons (Fsp3) is 0.250. The van der Waals surface area contributed by atoms with Crippen molar-refractivity contribution < 1.29 is 4.79 Å². The van der Waals surface area contributed by atoms with Gasteiger partial charge in [0.15, 0.2) is 0 Å². The highest BCUT2D eigenvalue weighted by atomic mass is 35.5. The van der Waals surface area contributed by atoms with E-state index < -0.39 is 0 Å². The van der Waals surface area contributed by atoms with Crippen molar-refractivity contribution >= 4 is 34.0 Å². The number of amides is 1. The number of rotatable bonds is 4. The summed E-state index contributed by atoms with van der Waals surface area (Å²) < 4.78 is 0. The lowest BCUT2D eigenvalue weighted by molar-refractivity contribution is -0.115. The van der Waals surface area contributed by atoms with Gasteiger partial charge < -0.3 is 5.32 Å². The maximum Gasteiger partial charge on any atom is 0.227 e. The highest BCUT2D eigenvalue weighted by molar-refractivity contribution is 7.18. The van der Waals surface area contributed by atoms with Crippen LogP contribution in [-0.4, -0.2) is 22.0 Å². The Bertz CT molecular complexity index is 556. The standard InChI is InChI=1S/C12H12ClN3OS/c1-8-3-2-4-9(7-8)11-15-16-12(18-11)14-10(17)5-6-13/h2-4,7H,5-6H2,1H3,(H,14,16,17). The van der Waals surface area contributed by atoms with E-state index in [1.165, 1.54) is 11.3 Å². The SMILES string of the molecule is Cc1cccc(-c2nnc(NC(=O)CCCl)s2)c1. The third kappa shape index (κ3) is 3.27. The van der Waals surface area contributed by atoms with E-state index in [0.717, 1.165) is 16.1 Å². The number of anilines is 1. The van der Waals surface area contributed by atoms with Crippen molar-refractivity contribution in [2.45, 2.75) is 13.3 Å². The Morgan fingerprint density at radius 2 is 2.28 bits per heavy atom. The van der Waals surface area contributed by atoms with Crippen molar-refractivity contribution in [2.24, 2.45) is 0 Å². The molecule has 1 heterocycles. The average molecular weight is 282 g/mol. The summed E-state index contributed by atoms with van der Waals surface area (Å²) in [7, 11) is 0. The molecule has 6 heteroatoms. The Morgan fingerprint density at radius 3 is 3.00 bits per heavy atom. The molecule has 1 N–H and O–H groups in total. The van der Waals surface area contributed by atoms with Gasteiger partial charge in [-0.05, 0) is 13.0 Å². The monoisotopic (exact) mass is 281 g/mol. The molecule has 1 aromatic heterocycles. The molecule has 0 spiro atoms. The largest absolute Gasteiger partial charge is 0.300 e. The maximum absolute atomic E-state index is 11.4. The highest BCUT2D eigenvalue weighted by Gasteiger charge is 2.09. The van der Waals surface area contributed by atoms with E-state index >= 15 is 0 Å². The van der Waals surface area contributed by atoms with Gasteiger partial charge >= 0.3 is 0 Å². The molecule has 18 heavy (non-hydrogen) atoms. The molecule has 0 aliphatic rings. The molecule has 0 fully saturated rings. The van der Waals surface area contributed by atoms with Crippen LogP contribution in [0.2, 0.25) is 0 Å². The first kappa shape index (κ1) is 13.0. The highest BCUT2D eigenvalue weighted by Crippen LogP contribution is 2.26. The van der Waals surface area contributed by atoms with Gasteiger partial charge in [0.25, 0.3) is 0 Å². The van der Waals surface area contributed by atoms with Crippen LogP contribution in [0.3, 0.4) is 0 Å². The summed E-state index contributed by atoms with van der Waals surface area (Å²) in [5.41, 5.74) is 2.17. The molecule has 0 radical (unpaired) electrons.